The maximum Gasteiger partial charge on any atom is 0.0632 e. The fourth-order valence-corrected chi connectivity index (χ4v) is 4.95. The lowest BCUT2D eigenvalue weighted by Gasteiger charge is -2.33. The van der Waals surface area contributed by atoms with Crippen molar-refractivity contribution >= 4 is 27.2 Å². The summed E-state index contributed by atoms with van der Waals surface area (Å²) < 4.78 is 1.17. The summed E-state index contributed by atoms with van der Waals surface area (Å²) in [6.07, 6.45) is 14.7. The first kappa shape index (κ1) is 16.1. The van der Waals surface area contributed by atoms with Gasteiger partial charge in [0.05, 0.1) is 6.04 Å². The summed E-state index contributed by atoms with van der Waals surface area (Å²) in [5.74, 6) is 0.429. The molecule has 0 saturated heterocycles. The second-order valence-corrected chi connectivity index (χ2v) is 8.29. The molecule has 0 saturated carbocycles. The number of nitrogens with zero attached hydrogens (tertiary/aromatic N) is 1. The largest absolute Gasteiger partial charge is 0.337 e. The van der Waals surface area contributed by atoms with Crippen molar-refractivity contribution in [1.29, 1.82) is 0 Å². The smallest absolute Gasteiger partial charge is 0.0632 e. The molecule has 2 heteroatoms. The van der Waals surface area contributed by atoms with Crippen LogP contribution in [0.15, 0.2) is 83.0 Å². The van der Waals surface area contributed by atoms with Gasteiger partial charge in [-0.2, -0.15) is 0 Å². The average Bonchev–Trinajstić information content (AvgIpc) is 3.02. The SMILES string of the molecule is Brc1ccc2c(c1)C1C=CC(c3ccccc3)=CC1N2C1=CCCCC1. The molecule has 3 aliphatic rings. The third-order valence-corrected chi connectivity index (χ3v) is 6.28. The number of hydrogen-bond donors (Lipinski definition) is 0. The Hall–Kier alpha value is -2.06. The van der Waals surface area contributed by atoms with Crippen LogP contribution in [-0.2, 0) is 0 Å². The summed E-state index contributed by atoms with van der Waals surface area (Å²) >= 11 is 3.67. The van der Waals surface area contributed by atoms with Gasteiger partial charge in [0.2, 0.25) is 0 Å². The average molecular weight is 404 g/mol. The van der Waals surface area contributed by atoms with Gasteiger partial charge in [-0.25, -0.2) is 0 Å². The topological polar surface area (TPSA) is 3.24 Å². The lowest BCUT2D eigenvalue weighted by Crippen LogP contribution is -2.33. The van der Waals surface area contributed by atoms with E-state index in [1.165, 1.54) is 58.2 Å². The molecular formula is C24H22BrN. The molecule has 0 fully saturated rings. The predicted octanol–water partition coefficient (Wildman–Crippen LogP) is 6.83. The van der Waals surface area contributed by atoms with E-state index in [9.17, 15) is 0 Å². The standard InChI is InChI=1S/C24H22BrN/c25-19-12-14-23-22(16-19)21-13-11-18(17-7-3-1-4-8-17)15-24(21)26(23)20-9-5-2-6-10-20/h1,3-4,7-9,11-16,21,24H,2,5-6,10H2. The maximum atomic E-state index is 3.67. The van der Waals surface area contributed by atoms with Crippen LogP contribution in [0.3, 0.4) is 0 Å². The Morgan fingerprint density at radius 3 is 2.69 bits per heavy atom. The third kappa shape index (κ3) is 2.68. The molecule has 1 nitrogen and oxygen atoms in total. The Labute approximate surface area is 163 Å². The monoisotopic (exact) mass is 403 g/mol. The molecule has 1 aliphatic heterocycles. The first-order valence-electron chi connectivity index (χ1n) is 9.54. The highest BCUT2D eigenvalue weighted by atomic mass is 79.9. The molecule has 2 aromatic rings. The zero-order chi connectivity index (χ0) is 17.5. The number of hydrogen-bond acceptors (Lipinski definition) is 1. The minimum absolute atomic E-state index is 0.379. The van der Waals surface area contributed by atoms with Crippen LogP contribution in [0.25, 0.3) is 5.57 Å². The van der Waals surface area contributed by atoms with Crippen LogP contribution in [-0.4, -0.2) is 6.04 Å². The van der Waals surface area contributed by atoms with Crippen LogP contribution in [0.5, 0.6) is 0 Å². The van der Waals surface area contributed by atoms with Crippen LogP contribution in [0.2, 0.25) is 0 Å². The van der Waals surface area contributed by atoms with E-state index in [2.05, 4.69) is 93.7 Å². The number of halogens is 1. The Kier molecular flexibility index (Phi) is 4.09. The molecule has 1 heterocycles. The zero-order valence-electron chi connectivity index (χ0n) is 14.7. The van der Waals surface area contributed by atoms with Crippen molar-refractivity contribution in [2.24, 2.45) is 0 Å². The molecule has 26 heavy (non-hydrogen) atoms. The van der Waals surface area contributed by atoms with E-state index < -0.39 is 0 Å². The molecule has 0 aromatic heterocycles. The van der Waals surface area contributed by atoms with Gasteiger partial charge in [0, 0.05) is 21.8 Å². The summed E-state index contributed by atoms with van der Waals surface area (Å²) in [4.78, 5) is 2.61. The summed E-state index contributed by atoms with van der Waals surface area (Å²) in [5, 5.41) is 0. The Morgan fingerprint density at radius 2 is 1.88 bits per heavy atom. The summed E-state index contributed by atoms with van der Waals surface area (Å²) in [6.45, 7) is 0. The van der Waals surface area contributed by atoms with Crippen molar-refractivity contribution in [3.05, 3.63) is 94.1 Å². The van der Waals surface area contributed by atoms with Crippen LogP contribution < -0.4 is 4.90 Å². The first-order chi connectivity index (χ1) is 12.8. The van der Waals surface area contributed by atoms with Gasteiger partial charge in [0.15, 0.2) is 0 Å². The molecule has 2 unspecified atom stereocenters. The van der Waals surface area contributed by atoms with E-state index in [1.807, 2.05) is 0 Å². The van der Waals surface area contributed by atoms with Gasteiger partial charge in [0.1, 0.15) is 0 Å². The molecule has 0 amide bonds. The van der Waals surface area contributed by atoms with Crippen molar-refractivity contribution < 1.29 is 0 Å². The second-order valence-electron chi connectivity index (χ2n) is 7.38. The fourth-order valence-electron chi connectivity index (χ4n) is 4.57. The van der Waals surface area contributed by atoms with Crippen molar-refractivity contribution in [2.45, 2.75) is 37.6 Å². The van der Waals surface area contributed by atoms with E-state index in [1.54, 1.807) is 0 Å². The summed E-state index contributed by atoms with van der Waals surface area (Å²) in [7, 11) is 0. The van der Waals surface area contributed by atoms with Crippen molar-refractivity contribution in [3.8, 4) is 0 Å². The number of fused-ring (bicyclic) bond motifs is 3. The molecular weight excluding hydrogens is 382 g/mol. The van der Waals surface area contributed by atoms with Gasteiger partial charge >= 0.3 is 0 Å². The van der Waals surface area contributed by atoms with Crippen LogP contribution in [0, 0.1) is 0 Å². The van der Waals surface area contributed by atoms with E-state index >= 15 is 0 Å². The molecule has 130 valence electrons. The van der Waals surface area contributed by atoms with Gasteiger partial charge in [-0.05, 0) is 60.6 Å². The second kappa shape index (κ2) is 6.59. The van der Waals surface area contributed by atoms with Crippen molar-refractivity contribution in [3.63, 3.8) is 0 Å². The predicted molar refractivity (Wildman–Crippen MR) is 113 cm³/mol. The Bertz CT molecular complexity index is 922. The highest BCUT2D eigenvalue weighted by Gasteiger charge is 2.39. The highest BCUT2D eigenvalue weighted by molar-refractivity contribution is 9.10. The van der Waals surface area contributed by atoms with Gasteiger partial charge in [-0.3, -0.25) is 0 Å². The van der Waals surface area contributed by atoms with Crippen molar-refractivity contribution in [2.75, 3.05) is 4.90 Å². The normalized spacial score (nSPS) is 24.0. The number of allylic oxidation sites excluding steroid dienone is 4. The highest BCUT2D eigenvalue weighted by Crippen LogP contribution is 2.49. The van der Waals surface area contributed by atoms with Gasteiger partial charge in [0.25, 0.3) is 0 Å². The Morgan fingerprint density at radius 1 is 1.00 bits per heavy atom. The quantitative estimate of drug-likeness (QED) is 0.530. The molecule has 0 radical (unpaired) electrons. The van der Waals surface area contributed by atoms with Crippen LogP contribution >= 0.6 is 15.9 Å². The number of benzene rings is 2. The van der Waals surface area contributed by atoms with Crippen LogP contribution in [0.4, 0.5) is 5.69 Å². The minimum Gasteiger partial charge on any atom is -0.337 e. The fraction of sp³-hybridized carbons (Fsp3) is 0.250. The molecule has 2 aliphatic carbocycles. The van der Waals surface area contributed by atoms with Gasteiger partial charge in [-0.15, -0.1) is 0 Å². The minimum atomic E-state index is 0.379. The zero-order valence-corrected chi connectivity index (χ0v) is 16.3. The summed E-state index contributed by atoms with van der Waals surface area (Å²) in [5.41, 5.74) is 6.96. The molecule has 0 bridgehead atoms. The summed E-state index contributed by atoms with van der Waals surface area (Å²) in [6, 6.07) is 17.9. The Balaban J connectivity index is 1.62. The van der Waals surface area contributed by atoms with E-state index in [4.69, 9.17) is 0 Å². The maximum absolute atomic E-state index is 3.67. The third-order valence-electron chi connectivity index (χ3n) is 5.79. The lowest BCUT2D eigenvalue weighted by molar-refractivity contribution is 0.642. The number of rotatable bonds is 2. The molecule has 0 spiro atoms. The van der Waals surface area contributed by atoms with Crippen molar-refractivity contribution in [1.82, 2.24) is 0 Å². The lowest BCUT2D eigenvalue weighted by atomic mass is 9.86. The molecule has 5 rings (SSSR count). The van der Waals surface area contributed by atoms with Gasteiger partial charge in [-0.1, -0.05) is 70.6 Å². The molecule has 2 atom stereocenters. The van der Waals surface area contributed by atoms with Crippen LogP contribution in [0.1, 0.15) is 42.7 Å². The number of anilines is 1. The van der Waals surface area contributed by atoms with E-state index in [0.717, 1.165) is 0 Å². The first-order valence-corrected chi connectivity index (χ1v) is 10.3. The van der Waals surface area contributed by atoms with E-state index in [-0.39, 0.29) is 0 Å². The molecule has 2 aromatic carbocycles. The van der Waals surface area contributed by atoms with E-state index in [0.29, 0.717) is 12.0 Å². The molecule has 0 N–H and O–H groups in total. The van der Waals surface area contributed by atoms with Gasteiger partial charge < -0.3 is 4.90 Å².